The molecule has 0 fully saturated rings. The van der Waals surface area contributed by atoms with Gasteiger partial charge < -0.3 is 9.47 Å². The zero-order valence-corrected chi connectivity index (χ0v) is 24.6. The maximum atomic E-state index is 13.8. The second-order valence-electron chi connectivity index (χ2n) is 10.4. The standard InChI is InChI=1S/C24H12F26O4/c25-13(26,15(29,30)17(33,34)19(37,38)21(41,42)23(45,46)47)4-6-53-11(51)9-2-1-3-10(8-9)12(52)54-7-5-14(27,28)16(31,32)18(35,36)20(39,40)22(43,44)24(48,49)50/h1-3,8H,4-7H2. The molecule has 0 saturated heterocycles. The second-order valence-corrected chi connectivity index (χ2v) is 10.4. The van der Waals surface area contributed by atoms with Gasteiger partial charge in [-0.25, -0.2) is 9.59 Å². The van der Waals surface area contributed by atoms with E-state index < -0.39 is 121 Å². The summed E-state index contributed by atoms with van der Waals surface area (Å²) in [4.78, 5) is 24.0. The molecule has 0 bridgehead atoms. The molecule has 54 heavy (non-hydrogen) atoms. The van der Waals surface area contributed by atoms with E-state index in [0.29, 0.717) is 18.2 Å². The summed E-state index contributed by atoms with van der Waals surface area (Å²) in [5.41, 5.74) is -2.35. The lowest BCUT2D eigenvalue weighted by Crippen LogP contribution is -2.70. The van der Waals surface area contributed by atoms with Crippen molar-refractivity contribution in [1.29, 1.82) is 0 Å². The van der Waals surface area contributed by atoms with E-state index in [4.69, 9.17) is 0 Å². The highest BCUT2D eigenvalue weighted by atomic mass is 19.4. The molecule has 0 saturated carbocycles. The Labute approximate surface area is 279 Å². The van der Waals surface area contributed by atoms with Crippen LogP contribution in [0.15, 0.2) is 24.3 Å². The molecule has 0 spiro atoms. The molecule has 0 unspecified atom stereocenters. The molecule has 0 radical (unpaired) electrons. The van der Waals surface area contributed by atoms with Gasteiger partial charge in [-0.3, -0.25) is 0 Å². The van der Waals surface area contributed by atoms with Crippen LogP contribution in [-0.2, 0) is 9.47 Å². The third-order valence-electron chi connectivity index (χ3n) is 6.63. The van der Waals surface area contributed by atoms with E-state index in [1.807, 2.05) is 0 Å². The first-order valence-electron chi connectivity index (χ1n) is 12.8. The zero-order chi connectivity index (χ0) is 43.4. The van der Waals surface area contributed by atoms with E-state index in [-0.39, 0.29) is 6.07 Å². The highest BCUT2D eigenvalue weighted by Crippen LogP contribution is 2.62. The van der Waals surface area contributed by atoms with Crippen LogP contribution in [0.1, 0.15) is 33.6 Å². The van der Waals surface area contributed by atoms with Crippen LogP contribution >= 0.6 is 0 Å². The Kier molecular flexibility index (Phi) is 12.7. The summed E-state index contributed by atoms with van der Waals surface area (Å²) >= 11 is 0. The number of carbonyl (C=O) groups is 2. The van der Waals surface area contributed by atoms with Crippen LogP contribution in [0.25, 0.3) is 0 Å². The van der Waals surface area contributed by atoms with Gasteiger partial charge in [-0.05, 0) is 18.2 Å². The van der Waals surface area contributed by atoms with Gasteiger partial charge in [-0.2, -0.15) is 114 Å². The molecule has 0 aliphatic rings. The number of halogens is 26. The summed E-state index contributed by atoms with van der Waals surface area (Å²) in [6, 6.07) is 1.53. The van der Waals surface area contributed by atoms with Crippen LogP contribution in [0.5, 0.6) is 0 Å². The van der Waals surface area contributed by atoms with Crippen molar-refractivity contribution in [2.24, 2.45) is 0 Å². The molecule has 0 amide bonds. The first-order chi connectivity index (χ1) is 23.5. The number of hydrogen-bond donors (Lipinski definition) is 0. The van der Waals surface area contributed by atoms with Crippen LogP contribution in [0, 0.1) is 0 Å². The van der Waals surface area contributed by atoms with Gasteiger partial charge in [-0.15, -0.1) is 0 Å². The Hall–Kier alpha value is -3.66. The van der Waals surface area contributed by atoms with Crippen LogP contribution in [-0.4, -0.2) is 96.7 Å². The number of hydrogen-bond acceptors (Lipinski definition) is 4. The minimum Gasteiger partial charge on any atom is -0.462 e. The zero-order valence-electron chi connectivity index (χ0n) is 24.6. The molecule has 0 aromatic heterocycles. The van der Waals surface area contributed by atoms with Crippen LogP contribution in [0.3, 0.4) is 0 Å². The Balaban J connectivity index is 3.07. The average molecular weight is 858 g/mol. The smallest absolute Gasteiger partial charge is 0.460 e. The molecule has 0 N–H and O–H groups in total. The van der Waals surface area contributed by atoms with Crippen molar-refractivity contribution in [2.75, 3.05) is 13.2 Å². The van der Waals surface area contributed by atoms with Crippen molar-refractivity contribution in [3.63, 3.8) is 0 Å². The second kappa shape index (κ2) is 14.1. The van der Waals surface area contributed by atoms with E-state index >= 15 is 0 Å². The van der Waals surface area contributed by atoms with Gasteiger partial charge in [0.2, 0.25) is 0 Å². The number of esters is 2. The lowest BCUT2D eigenvalue weighted by molar-refractivity contribution is -0.440. The van der Waals surface area contributed by atoms with E-state index in [1.54, 1.807) is 0 Å². The fourth-order valence-electron chi connectivity index (χ4n) is 3.40. The highest BCUT2D eigenvalue weighted by Gasteiger charge is 2.92. The van der Waals surface area contributed by atoms with E-state index in [2.05, 4.69) is 9.47 Å². The Morgan fingerprint density at radius 2 is 0.630 bits per heavy atom. The van der Waals surface area contributed by atoms with Gasteiger partial charge in [0.25, 0.3) is 0 Å². The third kappa shape index (κ3) is 7.74. The number of rotatable bonds is 16. The molecule has 1 rings (SSSR count). The quantitative estimate of drug-likeness (QED) is 0.123. The molecule has 30 heteroatoms. The molecular weight excluding hydrogens is 846 g/mol. The van der Waals surface area contributed by atoms with Crippen LogP contribution < -0.4 is 0 Å². The summed E-state index contributed by atoms with van der Waals surface area (Å²) in [5, 5.41) is 0. The Bertz CT molecular complexity index is 1400. The van der Waals surface area contributed by atoms with Crippen molar-refractivity contribution in [3.8, 4) is 0 Å². The van der Waals surface area contributed by atoms with Gasteiger partial charge in [0.15, 0.2) is 0 Å². The summed E-state index contributed by atoms with van der Waals surface area (Å²) in [7, 11) is 0. The Morgan fingerprint density at radius 3 is 0.870 bits per heavy atom. The minimum atomic E-state index is -8.23. The van der Waals surface area contributed by atoms with Crippen LogP contribution in [0.2, 0.25) is 0 Å². The molecule has 0 aliphatic carbocycles. The van der Waals surface area contributed by atoms with Crippen molar-refractivity contribution < 1.29 is 133 Å². The fraction of sp³-hybridized carbons (Fsp3) is 0.667. The van der Waals surface area contributed by atoms with E-state index in [0.717, 1.165) is 0 Å². The number of alkyl halides is 26. The highest BCUT2D eigenvalue weighted by molar-refractivity contribution is 5.95. The third-order valence-corrected chi connectivity index (χ3v) is 6.63. The van der Waals surface area contributed by atoms with Crippen molar-refractivity contribution in [3.05, 3.63) is 35.4 Å². The van der Waals surface area contributed by atoms with Crippen molar-refractivity contribution >= 4 is 11.9 Å². The van der Waals surface area contributed by atoms with Crippen molar-refractivity contribution in [1.82, 2.24) is 0 Å². The molecule has 4 nitrogen and oxygen atoms in total. The first kappa shape index (κ1) is 48.4. The summed E-state index contributed by atoms with van der Waals surface area (Å²) in [6.07, 6.45) is -21.4. The van der Waals surface area contributed by atoms with Crippen molar-refractivity contribution in [2.45, 2.75) is 84.4 Å². The van der Waals surface area contributed by atoms with E-state index in [1.165, 1.54) is 0 Å². The summed E-state index contributed by atoms with van der Waals surface area (Å²) in [5.74, 6) is -82.0. The molecule has 1 aromatic rings. The molecular formula is C24H12F26O4. The monoisotopic (exact) mass is 858 g/mol. The predicted octanol–water partition coefficient (Wildman–Crippen LogP) is 10.3. The SMILES string of the molecule is O=C(OCCC(F)(F)C(F)(F)C(F)(F)C(F)(F)C(F)(F)C(F)(F)F)c1cccc(C(=O)OCCC(F)(F)C(F)(F)C(F)(F)C(F)(F)C(F)(F)C(F)(F)F)c1. The van der Waals surface area contributed by atoms with Gasteiger partial charge in [0.1, 0.15) is 0 Å². The first-order valence-corrected chi connectivity index (χ1v) is 12.8. The number of benzene rings is 1. The minimum absolute atomic E-state index is 0.117. The molecule has 314 valence electrons. The molecule has 0 atom stereocenters. The molecule has 1 aromatic carbocycles. The topological polar surface area (TPSA) is 52.6 Å². The Morgan fingerprint density at radius 1 is 0.389 bits per heavy atom. The van der Waals surface area contributed by atoms with Gasteiger partial charge >= 0.3 is 83.5 Å². The maximum Gasteiger partial charge on any atom is 0.460 e. The predicted molar refractivity (Wildman–Crippen MR) is 118 cm³/mol. The molecule has 0 heterocycles. The maximum absolute atomic E-state index is 13.8. The fourth-order valence-corrected chi connectivity index (χ4v) is 3.40. The normalized spacial score (nSPS) is 15.3. The molecule has 0 aliphatic heterocycles. The average Bonchev–Trinajstić information content (AvgIpc) is 2.98. The lowest BCUT2D eigenvalue weighted by Gasteiger charge is -2.39. The summed E-state index contributed by atoms with van der Waals surface area (Å²) < 4.78 is 350. The van der Waals surface area contributed by atoms with Gasteiger partial charge in [0, 0.05) is 0 Å². The van der Waals surface area contributed by atoms with Gasteiger partial charge in [-0.1, -0.05) is 6.07 Å². The van der Waals surface area contributed by atoms with Crippen LogP contribution in [0.4, 0.5) is 114 Å². The van der Waals surface area contributed by atoms with E-state index in [9.17, 15) is 124 Å². The lowest BCUT2D eigenvalue weighted by atomic mass is 9.93. The number of ether oxygens (including phenoxy) is 2. The largest absolute Gasteiger partial charge is 0.462 e. The van der Waals surface area contributed by atoms with Gasteiger partial charge in [0.05, 0.1) is 37.2 Å². The summed E-state index contributed by atoms with van der Waals surface area (Å²) in [6.45, 7) is -4.59. The number of carbonyl (C=O) groups excluding carboxylic acids is 2.